The zero-order chi connectivity index (χ0) is 37.0. The van der Waals surface area contributed by atoms with Gasteiger partial charge in [-0.05, 0) is 91.1 Å². The number of hydrogen-bond acceptors (Lipinski definition) is 2. The Bertz CT molecular complexity index is 3250. The van der Waals surface area contributed by atoms with Gasteiger partial charge in [-0.2, -0.15) is 0 Å². The number of rotatable bonds is 6. The molecule has 0 saturated heterocycles. The average Bonchev–Trinajstić information content (AvgIpc) is 3.65. The molecule has 0 spiro atoms. The van der Waals surface area contributed by atoms with E-state index >= 15 is 0 Å². The average molecular weight is 714 g/mol. The molecule has 1 aromatic heterocycles. The molecule has 0 radical (unpaired) electrons. The maximum atomic E-state index is 6.48. The predicted octanol–water partition coefficient (Wildman–Crippen LogP) is 15.5. The summed E-state index contributed by atoms with van der Waals surface area (Å²) >= 11 is 0. The quantitative estimate of drug-likeness (QED) is 0.160. The van der Waals surface area contributed by atoms with Crippen molar-refractivity contribution in [1.82, 2.24) is 0 Å². The summed E-state index contributed by atoms with van der Waals surface area (Å²) in [5.74, 6) is 0. The van der Waals surface area contributed by atoms with Crippen LogP contribution in [0.25, 0.3) is 87.6 Å². The first-order valence-electron chi connectivity index (χ1n) is 19.2. The summed E-state index contributed by atoms with van der Waals surface area (Å²) in [6.45, 7) is 0. The number of fused-ring (bicyclic) bond motifs is 7. The van der Waals surface area contributed by atoms with E-state index in [9.17, 15) is 0 Å². The molecule has 2 nitrogen and oxygen atoms in total. The second kappa shape index (κ2) is 13.2. The van der Waals surface area contributed by atoms with Crippen LogP contribution in [0.5, 0.6) is 0 Å². The highest BCUT2D eigenvalue weighted by molar-refractivity contribution is 6.22. The summed E-state index contributed by atoms with van der Waals surface area (Å²) in [7, 11) is 0. The van der Waals surface area contributed by atoms with E-state index in [1.54, 1.807) is 0 Å². The summed E-state index contributed by atoms with van der Waals surface area (Å²) in [5, 5.41) is 9.56. The van der Waals surface area contributed by atoms with Crippen molar-refractivity contribution >= 4 is 71.3 Å². The van der Waals surface area contributed by atoms with E-state index in [1.165, 1.54) is 54.6 Å². The molecule has 0 unspecified atom stereocenters. The monoisotopic (exact) mass is 713 g/mol. The predicted molar refractivity (Wildman–Crippen MR) is 237 cm³/mol. The van der Waals surface area contributed by atoms with Crippen molar-refractivity contribution < 1.29 is 4.42 Å². The van der Waals surface area contributed by atoms with Crippen molar-refractivity contribution in [3.05, 3.63) is 212 Å². The normalized spacial score (nSPS) is 11.6. The van der Waals surface area contributed by atoms with Crippen molar-refractivity contribution in [3.8, 4) is 33.4 Å². The third kappa shape index (κ3) is 5.19. The first kappa shape index (κ1) is 32.0. The van der Waals surface area contributed by atoms with Gasteiger partial charge in [0.2, 0.25) is 0 Å². The van der Waals surface area contributed by atoms with E-state index in [1.807, 2.05) is 12.1 Å². The van der Waals surface area contributed by atoms with Gasteiger partial charge in [0.25, 0.3) is 0 Å². The second-order valence-corrected chi connectivity index (χ2v) is 14.4. The number of furan rings is 1. The highest BCUT2D eigenvalue weighted by Crippen LogP contribution is 2.48. The summed E-state index contributed by atoms with van der Waals surface area (Å²) in [6.07, 6.45) is 0. The molecule has 0 aliphatic carbocycles. The molecule has 0 saturated carbocycles. The number of benzene rings is 10. The minimum Gasteiger partial charge on any atom is -0.456 e. The molecule has 2 heteroatoms. The Kier molecular flexibility index (Phi) is 7.53. The molecular weight excluding hydrogens is 679 g/mol. The largest absolute Gasteiger partial charge is 0.456 e. The highest BCUT2D eigenvalue weighted by atomic mass is 16.3. The molecule has 0 aliphatic rings. The first-order chi connectivity index (χ1) is 27.8. The number of nitrogens with zero attached hydrogens (tertiary/aromatic N) is 1. The lowest BCUT2D eigenvalue weighted by Crippen LogP contribution is -2.11. The van der Waals surface area contributed by atoms with Crippen LogP contribution in [0.3, 0.4) is 0 Å². The maximum absolute atomic E-state index is 6.48. The SMILES string of the molecule is c1ccc(-c2c(-c3ccccc3)c3cc(-c4ccccc4N(c4ccc5c(c4)oc4ccccc45)c4cccc5ccccc45)ccc3c3ccccc23)cc1. The topological polar surface area (TPSA) is 16.4 Å². The van der Waals surface area contributed by atoms with Crippen molar-refractivity contribution in [2.75, 3.05) is 4.90 Å². The van der Waals surface area contributed by atoms with Gasteiger partial charge in [-0.15, -0.1) is 0 Å². The van der Waals surface area contributed by atoms with Gasteiger partial charge >= 0.3 is 0 Å². The number of hydrogen-bond donors (Lipinski definition) is 0. The second-order valence-electron chi connectivity index (χ2n) is 14.4. The Labute approximate surface area is 325 Å². The van der Waals surface area contributed by atoms with Crippen molar-refractivity contribution in [3.63, 3.8) is 0 Å². The molecule has 11 rings (SSSR count). The fraction of sp³-hybridized carbons (Fsp3) is 0. The van der Waals surface area contributed by atoms with E-state index in [0.29, 0.717) is 0 Å². The lowest BCUT2D eigenvalue weighted by molar-refractivity contribution is 0.669. The number of anilines is 3. The van der Waals surface area contributed by atoms with Crippen LogP contribution in [0, 0.1) is 0 Å². The van der Waals surface area contributed by atoms with Gasteiger partial charge in [-0.25, -0.2) is 0 Å². The first-order valence-corrected chi connectivity index (χ1v) is 19.2. The van der Waals surface area contributed by atoms with E-state index in [0.717, 1.165) is 50.1 Å². The lowest BCUT2D eigenvalue weighted by atomic mass is 9.84. The fourth-order valence-electron chi connectivity index (χ4n) is 8.75. The van der Waals surface area contributed by atoms with Gasteiger partial charge in [-0.1, -0.05) is 170 Å². The minimum atomic E-state index is 0.866. The molecule has 0 atom stereocenters. The van der Waals surface area contributed by atoms with Crippen LogP contribution in [-0.4, -0.2) is 0 Å². The molecule has 0 aliphatic heterocycles. The molecule has 0 bridgehead atoms. The molecule has 56 heavy (non-hydrogen) atoms. The van der Waals surface area contributed by atoms with Crippen LogP contribution < -0.4 is 4.90 Å². The van der Waals surface area contributed by atoms with Crippen molar-refractivity contribution in [1.29, 1.82) is 0 Å². The Hall–Kier alpha value is -7.42. The van der Waals surface area contributed by atoms with Crippen molar-refractivity contribution in [2.24, 2.45) is 0 Å². The van der Waals surface area contributed by atoms with E-state index < -0.39 is 0 Å². The Morgan fingerprint density at radius 3 is 1.66 bits per heavy atom. The Morgan fingerprint density at radius 1 is 0.304 bits per heavy atom. The van der Waals surface area contributed by atoms with Crippen LogP contribution in [0.15, 0.2) is 217 Å². The highest BCUT2D eigenvalue weighted by Gasteiger charge is 2.22. The number of para-hydroxylation sites is 2. The fourth-order valence-corrected chi connectivity index (χ4v) is 8.75. The summed E-state index contributed by atoms with van der Waals surface area (Å²) in [4.78, 5) is 2.41. The van der Waals surface area contributed by atoms with E-state index in [2.05, 4.69) is 205 Å². The third-order valence-electron chi connectivity index (χ3n) is 11.2. The van der Waals surface area contributed by atoms with E-state index in [-0.39, 0.29) is 0 Å². The van der Waals surface area contributed by atoms with Crippen molar-refractivity contribution in [2.45, 2.75) is 0 Å². The van der Waals surface area contributed by atoms with Gasteiger partial charge in [0.05, 0.1) is 11.4 Å². The molecule has 10 aromatic carbocycles. The lowest BCUT2D eigenvalue weighted by Gasteiger charge is -2.29. The summed E-state index contributed by atoms with van der Waals surface area (Å²) < 4.78 is 6.48. The Balaban J connectivity index is 1.20. The van der Waals surface area contributed by atoms with E-state index in [4.69, 9.17) is 4.42 Å². The molecule has 1 heterocycles. The smallest absolute Gasteiger partial charge is 0.137 e. The van der Waals surface area contributed by atoms with Gasteiger partial charge in [0.1, 0.15) is 11.2 Å². The summed E-state index contributed by atoms with van der Waals surface area (Å²) in [6, 6.07) is 76.6. The summed E-state index contributed by atoms with van der Waals surface area (Å²) in [5.41, 5.74) is 12.2. The molecule has 11 aromatic rings. The molecule has 0 N–H and O–H groups in total. The van der Waals surface area contributed by atoms with Crippen LogP contribution in [0.1, 0.15) is 0 Å². The van der Waals surface area contributed by atoms with Gasteiger partial charge in [0.15, 0.2) is 0 Å². The molecule has 0 amide bonds. The zero-order valence-corrected chi connectivity index (χ0v) is 30.6. The van der Waals surface area contributed by atoms with Crippen LogP contribution in [-0.2, 0) is 0 Å². The molecular formula is C54H35NO. The molecule has 0 fully saturated rings. The van der Waals surface area contributed by atoms with Gasteiger partial charge in [-0.3, -0.25) is 0 Å². The van der Waals surface area contributed by atoms with Crippen LogP contribution >= 0.6 is 0 Å². The van der Waals surface area contributed by atoms with Crippen LogP contribution in [0.4, 0.5) is 17.1 Å². The minimum absolute atomic E-state index is 0.866. The van der Waals surface area contributed by atoms with Gasteiger partial charge < -0.3 is 9.32 Å². The third-order valence-corrected chi connectivity index (χ3v) is 11.2. The van der Waals surface area contributed by atoms with Gasteiger partial charge in [0, 0.05) is 33.5 Å². The maximum Gasteiger partial charge on any atom is 0.137 e. The van der Waals surface area contributed by atoms with Crippen LogP contribution in [0.2, 0.25) is 0 Å². The standard InChI is InChI=1S/C54H35NO/c1-3-17-37(18-4-1)53-47-26-10-9-24-43(47)44-32-30-39(34-48(44)54(53)38-19-5-2-6-20-38)42-23-11-13-27-49(42)55(50-28-15-21-36-16-7-8-22-41(36)50)40-31-33-46-45-25-12-14-29-51(45)56-52(46)35-40/h1-35H. The zero-order valence-electron chi connectivity index (χ0n) is 30.6. The molecule has 262 valence electrons. The Morgan fingerprint density at radius 2 is 0.857 bits per heavy atom.